The van der Waals surface area contributed by atoms with Gasteiger partial charge in [-0.3, -0.25) is 9.59 Å². The predicted octanol–water partition coefficient (Wildman–Crippen LogP) is 1.64. The number of ether oxygens (including phenoxy) is 1. The Balaban J connectivity index is 2.22. The van der Waals surface area contributed by atoms with Crippen LogP contribution >= 0.6 is 0 Å². The predicted molar refractivity (Wildman–Crippen MR) is 59.9 cm³/mol. The molecule has 96 valence electrons. The van der Waals surface area contributed by atoms with Gasteiger partial charge in [0.1, 0.15) is 12.4 Å². The van der Waals surface area contributed by atoms with Gasteiger partial charge in [0, 0.05) is 0 Å². The van der Waals surface area contributed by atoms with Gasteiger partial charge in [-0.2, -0.15) is 0 Å². The van der Waals surface area contributed by atoms with E-state index in [0.29, 0.717) is 5.69 Å². The Kier molecular flexibility index (Phi) is 3.55. The van der Waals surface area contributed by atoms with Crippen molar-refractivity contribution in [3.63, 3.8) is 0 Å². The Morgan fingerprint density at radius 3 is 2.61 bits per heavy atom. The van der Waals surface area contributed by atoms with E-state index in [1.165, 1.54) is 11.0 Å². The van der Waals surface area contributed by atoms with E-state index in [0.717, 1.165) is 0 Å². The van der Waals surface area contributed by atoms with Crippen LogP contribution in [0.2, 0.25) is 0 Å². The first-order chi connectivity index (χ1) is 8.58. The summed E-state index contributed by atoms with van der Waals surface area (Å²) in [5.41, 5.74) is 0.356. The number of Topliss-reactive ketones (excluding diaryl/α,β-unsaturated/α-hetero) is 1. The van der Waals surface area contributed by atoms with E-state index in [4.69, 9.17) is 4.74 Å². The molecule has 4 nitrogen and oxygen atoms in total. The molecule has 1 aliphatic rings. The van der Waals surface area contributed by atoms with E-state index in [1.807, 2.05) is 0 Å². The lowest BCUT2D eigenvalue weighted by atomic mass is 10.2. The van der Waals surface area contributed by atoms with Crippen LogP contribution in [-0.2, 0) is 9.59 Å². The molecule has 1 saturated heterocycles. The van der Waals surface area contributed by atoms with Crippen LogP contribution in [0.15, 0.2) is 24.3 Å². The quantitative estimate of drug-likeness (QED) is 0.768. The van der Waals surface area contributed by atoms with Crippen molar-refractivity contribution in [1.29, 1.82) is 0 Å². The highest BCUT2D eigenvalue weighted by atomic mass is 19.3. The van der Waals surface area contributed by atoms with Crippen molar-refractivity contribution in [3.8, 4) is 5.75 Å². The van der Waals surface area contributed by atoms with E-state index in [-0.39, 0.29) is 30.4 Å². The van der Waals surface area contributed by atoms with Gasteiger partial charge in [0.15, 0.2) is 5.78 Å². The molecule has 1 heterocycles. The molecule has 0 bridgehead atoms. The van der Waals surface area contributed by atoms with E-state index >= 15 is 0 Å². The zero-order chi connectivity index (χ0) is 13.1. The Morgan fingerprint density at radius 2 is 2.00 bits per heavy atom. The van der Waals surface area contributed by atoms with Gasteiger partial charge in [0.2, 0.25) is 5.91 Å². The molecule has 1 aromatic rings. The Bertz CT molecular complexity index is 476. The third-order valence-electron chi connectivity index (χ3n) is 2.50. The fraction of sp³-hybridized carbons (Fsp3) is 0.333. The number of para-hydroxylation sites is 2. The summed E-state index contributed by atoms with van der Waals surface area (Å²) in [5, 5.41) is 0. The van der Waals surface area contributed by atoms with Crippen LogP contribution in [-0.4, -0.2) is 31.3 Å². The second-order valence-electron chi connectivity index (χ2n) is 3.87. The maximum absolute atomic E-state index is 12.1. The summed E-state index contributed by atoms with van der Waals surface area (Å²) in [6.45, 7) is -0.777. The average Bonchev–Trinajstić information content (AvgIpc) is 2.66. The first kappa shape index (κ1) is 12.5. The lowest BCUT2D eigenvalue weighted by Gasteiger charge is -2.18. The minimum Gasteiger partial charge on any atom is -0.485 e. The molecule has 1 aliphatic heterocycles. The molecule has 0 spiro atoms. The number of halogens is 2. The molecule has 1 fully saturated rings. The molecule has 1 amide bonds. The first-order valence-electron chi connectivity index (χ1n) is 5.40. The number of carbonyl (C=O) groups excluding carboxylic acids is 2. The Morgan fingerprint density at radius 1 is 1.28 bits per heavy atom. The molecule has 18 heavy (non-hydrogen) atoms. The monoisotopic (exact) mass is 255 g/mol. The number of hydrogen-bond donors (Lipinski definition) is 0. The highest BCUT2D eigenvalue weighted by Gasteiger charge is 2.30. The number of ketones is 1. The van der Waals surface area contributed by atoms with E-state index in [1.54, 1.807) is 18.2 Å². The number of amides is 1. The number of alkyl halides is 2. The van der Waals surface area contributed by atoms with Gasteiger partial charge in [0.05, 0.1) is 18.7 Å². The first-order valence-corrected chi connectivity index (χ1v) is 5.40. The van der Waals surface area contributed by atoms with Crippen molar-refractivity contribution in [1.82, 2.24) is 0 Å². The summed E-state index contributed by atoms with van der Waals surface area (Å²) in [6, 6.07) is 6.33. The fourth-order valence-electron chi connectivity index (χ4n) is 1.76. The van der Waals surface area contributed by atoms with E-state index in [9.17, 15) is 18.4 Å². The van der Waals surface area contributed by atoms with Crippen LogP contribution in [0.4, 0.5) is 14.5 Å². The van der Waals surface area contributed by atoms with Crippen molar-refractivity contribution in [2.75, 3.05) is 18.1 Å². The smallest absolute Gasteiger partial charge is 0.272 e. The summed E-state index contributed by atoms with van der Waals surface area (Å²) < 4.78 is 29.2. The maximum atomic E-state index is 12.1. The van der Waals surface area contributed by atoms with Crippen LogP contribution in [0.5, 0.6) is 5.75 Å². The topological polar surface area (TPSA) is 46.6 Å². The lowest BCUT2D eigenvalue weighted by Crippen LogP contribution is -2.25. The minimum absolute atomic E-state index is 0.0338. The summed E-state index contributed by atoms with van der Waals surface area (Å²) in [7, 11) is 0. The molecular formula is C12H11F2NO3. The van der Waals surface area contributed by atoms with Gasteiger partial charge >= 0.3 is 0 Å². The maximum Gasteiger partial charge on any atom is 0.272 e. The number of nitrogens with zero attached hydrogens (tertiary/aromatic N) is 1. The van der Waals surface area contributed by atoms with Crippen molar-refractivity contribution in [3.05, 3.63) is 24.3 Å². The van der Waals surface area contributed by atoms with Crippen LogP contribution in [0.1, 0.15) is 6.42 Å². The second kappa shape index (κ2) is 5.12. The highest BCUT2D eigenvalue weighted by Crippen LogP contribution is 2.30. The molecule has 1 aromatic carbocycles. The number of anilines is 1. The number of carbonyl (C=O) groups is 2. The van der Waals surface area contributed by atoms with Gasteiger partial charge in [-0.25, -0.2) is 8.78 Å². The second-order valence-corrected chi connectivity index (χ2v) is 3.87. The molecule has 0 saturated carbocycles. The Labute approximate surface area is 102 Å². The number of rotatable bonds is 4. The van der Waals surface area contributed by atoms with Crippen molar-refractivity contribution in [2.24, 2.45) is 0 Å². The van der Waals surface area contributed by atoms with Crippen molar-refractivity contribution >= 4 is 17.4 Å². The average molecular weight is 255 g/mol. The molecule has 0 aromatic heterocycles. The molecule has 0 unspecified atom stereocenters. The summed E-state index contributed by atoms with van der Waals surface area (Å²) in [6.07, 6.45) is -2.74. The standard InChI is InChI=1S/C12H11F2NO3/c13-11(14)7-18-10-4-2-1-3-9(10)15-6-8(16)5-12(15)17/h1-4,11H,5-7H2. The Hall–Kier alpha value is -1.98. The normalized spacial score (nSPS) is 15.6. The van der Waals surface area contributed by atoms with Crippen LogP contribution in [0, 0.1) is 0 Å². The molecule has 6 heteroatoms. The van der Waals surface area contributed by atoms with Gasteiger partial charge < -0.3 is 9.64 Å². The number of benzene rings is 1. The molecule has 0 radical (unpaired) electrons. The number of hydrogen-bond acceptors (Lipinski definition) is 3. The zero-order valence-corrected chi connectivity index (χ0v) is 9.44. The summed E-state index contributed by atoms with van der Waals surface area (Å²) in [4.78, 5) is 24.0. The fourth-order valence-corrected chi connectivity index (χ4v) is 1.76. The third-order valence-corrected chi connectivity index (χ3v) is 2.50. The molecule has 2 rings (SSSR count). The van der Waals surface area contributed by atoms with Crippen LogP contribution in [0.3, 0.4) is 0 Å². The largest absolute Gasteiger partial charge is 0.485 e. The minimum atomic E-state index is -2.59. The van der Waals surface area contributed by atoms with Crippen molar-refractivity contribution < 1.29 is 23.1 Å². The SMILES string of the molecule is O=C1CC(=O)N(c2ccccc2OCC(F)F)C1. The molecule has 0 aliphatic carbocycles. The van der Waals surface area contributed by atoms with Gasteiger partial charge in [-0.1, -0.05) is 12.1 Å². The van der Waals surface area contributed by atoms with Crippen LogP contribution in [0.25, 0.3) is 0 Å². The summed E-state index contributed by atoms with van der Waals surface area (Å²) in [5.74, 6) is -0.349. The molecular weight excluding hydrogens is 244 g/mol. The zero-order valence-electron chi connectivity index (χ0n) is 9.44. The van der Waals surface area contributed by atoms with Gasteiger partial charge in [0.25, 0.3) is 6.43 Å². The summed E-state index contributed by atoms with van der Waals surface area (Å²) >= 11 is 0. The van der Waals surface area contributed by atoms with Gasteiger partial charge in [-0.15, -0.1) is 0 Å². The lowest BCUT2D eigenvalue weighted by molar-refractivity contribution is -0.121. The molecule has 0 atom stereocenters. The van der Waals surface area contributed by atoms with Crippen molar-refractivity contribution in [2.45, 2.75) is 12.8 Å². The highest BCUT2D eigenvalue weighted by molar-refractivity contribution is 6.15. The van der Waals surface area contributed by atoms with E-state index in [2.05, 4.69) is 0 Å². The van der Waals surface area contributed by atoms with Crippen LogP contribution < -0.4 is 9.64 Å². The third kappa shape index (κ3) is 2.64. The molecule has 0 N–H and O–H groups in total. The van der Waals surface area contributed by atoms with Gasteiger partial charge in [-0.05, 0) is 12.1 Å². The van der Waals surface area contributed by atoms with E-state index < -0.39 is 13.0 Å².